The lowest BCUT2D eigenvalue weighted by atomic mass is 10.2. The van der Waals surface area contributed by atoms with Crippen LogP contribution in [-0.2, 0) is 21.3 Å². The first-order chi connectivity index (χ1) is 11.1. The predicted molar refractivity (Wildman–Crippen MR) is 89.2 cm³/mol. The Kier molecular flexibility index (Phi) is 4.78. The van der Waals surface area contributed by atoms with Gasteiger partial charge in [0.05, 0.1) is 29.9 Å². The molecule has 7 heteroatoms. The zero-order chi connectivity index (χ0) is 16.1. The van der Waals surface area contributed by atoms with Crippen molar-refractivity contribution in [3.05, 3.63) is 53.7 Å². The standard InChI is InChI=1S/C16H19N3O3S/c20-23(21,10-8-14-5-2-1-3-6-14)18-15-11-17-19(12-15)13-16-7-4-9-22-16/h1-3,5-6,8,10-12,16,18H,4,7,9,13H2. The summed E-state index contributed by atoms with van der Waals surface area (Å²) in [6, 6.07) is 9.27. The highest BCUT2D eigenvalue weighted by atomic mass is 32.2. The van der Waals surface area contributed by atoms with Crippen molar-refractivity contribution in [2.24, 2.45) is 0 Å². The molecule has 1 aromatic carbocycles. The fourth-order valence-electron chi connectivity index (χ4n) is 2.44. The third-order valence-electron chi connectivity index (χ3n) is 3.55. The summed E-state index contributed by atoms with van der Waals surface area (Å²) in [5, 5.41) is 5.32. The van der Waals surface area contributed by atoms with Crippen LogP contribution in [0.15, 0.2) is 48.1 Å². The van der Waals surface area contributed by atoms with Crippen LogP contribution >= 0.6 is 0 Å². The molecular weight excluding hydrogens is 314 g/mol. The Morgan fingerprint density at radius 3 is 2.91 bits per heavy atom. The summed E-state index contributed by atoms with van der Waals surface area (Å²) < 4.78 is 33.9. The molecule has 6 nitrogen and oxygen atoms in total. The Hall–Kier alpha value is -2.12. The minimum absolute atomic E-state index is 0.164. The molecule has 0 saturated carbocycles. The van der Waals surface area contributed by atoms with Crippen LogP contribution in [0.25, 0.3) is 6.08 Å². The number of nitrogens with one attached hydrogen (secondary N) is 1. The van der Waals surface area contributed by atoms with E-state index in [-0.39, 0.29) is 6.10 Å². The molecule has 23 heavy (non-hydrogen) atoms. The van der Waals surface area contributed by atoms with Crippen LogP contribution in [0.4, 0.5) is 5.69 Å². The van der Waals surface area contributed by atoms with Gasteiger partial charge in [-0.25, -0.2) is 8.42 Å². The van der Waals surface area contributed by atoms with E-state index < -0.39 is 10.0 Å². The van der Waals surface area contributed by atoms with Gasteiger partial charge in [-0.15, -0.1) is 0 Å². The number of hydrogen-bond acceptors (Lipinski definition) is 4. The van der Waals surface area contributed by atoms with E-state index in [4.69, 9.17) is 4.74 Å². The van der Waals surface area contributed by atoms with Crippen LogP contribution in [0.3, 0.4) is 0 Å². The smallest absolute Gasteiger partial charge is 0.255 e. The summed E-state index contributed by atoms with van der Waals surface area (Å²) in [6.07, 6.45) is 6.98. The molecule has 1 saturated heterocycles. The van der Waals surface area contributed by atoms with Crippen LogP contribution in [0.1, 0.15) is 18.4 Å². The largest absolute Gasteiger partial charge is 0.376 e. The lowest BCUT2D eigenvalue weighted by Gasteiger charge is -2.08. The Bertz CT molecular complexity index is 763. The number of rotatable bonds is 6. The van der Waals surface area contributed by atoms with E-state index in [9.17, 15) is 8.42 Å². The highest BCUT2D eigenvalue weighted by Crippen LogP contribution is 2.15. The first kappa shape index (κ1) is 15.8. The first-order valence-electron chi connectivity index (χ1n) is 7.51. The number of anilines is 1. The third-order valence-corrected chi connectivity index (χ3v) is 4.56. The number of ether oxygens (including phenoxy) is 1. The number of nitrogens with zero attached hydrogens (tertiary/aromatic N) is 2. The highest BCUT2D eigenvalue weighted by molar-refractivity contribution is 7.95. The summed E-state index contributed by atoms with van der Waals surface area (Å²) in [5.41, 5.74) is 1.27. The van der Waals surface area contributed by atoms with Gasteiger partial charge >= 0.3 is 0 Å². The highest BCUT2D eigenvalue weighted by Gasteiger charge is 2.16. The van der Waals surface area contributed by atoms with Gasteiger partial charge in [0.1, 0.15) is 0 Å². The lowest BCUT2D eigenvalue weighted by molar-refractivity contribution is 0.0940. The van der Waals surface area contributed by atoms with Crippen molar-refractivity contribution in [3.63, 3.8) is 0 Å². The SMILES string of the molecule is O=S(=O)(C=Cc1ccccc1)Nc1cnn(CC2CCCO2)c1. The van der Waals surface area contributed by atoms with Crippen molar-refractivity contribution < 1.29 is 13.2 Å². The fraction of sp³-hybridized carbons (Fsp3) is 0.312. The Morgan fingerprint density at radius 1 is 1.35 bits per heavy atom. The molecule has 2 heterocycles. The topological polar surface area (TPSA) is 73.2 Å². The summed E-state index contributed by atoms with van der Waals surface area (Å²) in [6.45, 7) is 1.43. The molecule has 122 valence electrons. The number of benzene rings is 1. The van der Waals surface area contributed by atoms with E-state index in [1.807, 2.05) is 30.3 Å². The summed E-state index contributed by atoms with van der Waals surface area (Å²) >= 11 is 0. The molecule has 1 unspecified atom stereocenters. The monoisotopic (exact) mass is 333 g/mol. The van der Waals surface area contributed by atoms with E-state index >= 15 is 0 Å². The van der Waals surface area contributed by atoms with Crippen LogP contribution in [-0.4, -0.2) is 30.9 Å². The van der Waals surface area contributed by atoms with Crippen LogP contribution in [0.5, 0.6) is 0 Å². The predicted octanol–water partition coefficient (Wildman–Crippen LogP) is 2.47. The first-order valence-corrected chi connectivity index (χ1v) is 9.05. The van der Waals surface area contributed by atoms with Crippen molar-refractivity contribution in [2.45, 2.75) is 25.5 Å². The van der Waals surface area contributed by atoms with E-state index in [0.717, 1.165) is 30.4 Å². The lowest BCUT2D eigenvalue weighted by Crippen LogP contribution is -2.15. The van der Waals surface area contributed by atoms with E-state index in [0.29, 0.717) is 12.2 Å². The zero-order valence-corrected chi connectivity index (χ0v) is 13.4. The molecule has 1 aromatic heterocycles. The second-order valence-electron chi connectivity index (χ2n) is 5.45. The van der Waals surface area contributed by atoms with Gasteiger partial charge in [0, 0.05) is 12.8 Å². The number of hydrogen-bond donors (Lipinski definition) is 1. The van der Waals surface area contributed by atoms with Crippen LogP contribution in [0.2, 0.25) is 0 Å². The molecule has 0 bridgehead atoms. The molecule has 0 amide bonds. The third kappa shape index (κ3) is 4.67. The van der Waals surface area contributed by atoms with Crippen molar-refractivity contribution >= 4 is 21.8 Å². The molecule has 2 aromatic rings. The molecule has 1 N–H and O–H groups in total. The van der Waals surface area contributed by atoms with Crippen molar-refractivity contribution in [1.29, 1.82) is 0 Å². The van der Waals surface area contributed by atoms with E-state index in [2.05, 4.69) is 9.82 Å². The normalized spacial score (nSPS) is 18.5. The van der Waals surface area contributed by atoms with Crippen molar-refractivity contribution in [2.75, 3.05) is 11.3 Å². The van der Waals surface area contributed by atoms with Gasteiger partial charge in [-0.1, -0.05) is 30.3 Å². The molecule has 1 aliphatic rings. The van der Waals surface area contributed by atoms with Crippen LogP contribution < -0.4 is 4.72 Å². The van der Waals surface area contributed by atoms with Gasteiger partial charge in [0.25, 0.3) is 10.0 Å². The minimum Gasteiger partial charge on any atom is -0.376 e. The molecule has 0 spiro atoms. The maximum atomic E-state index is 12.1. The quantitative estimate of drug-likeness (QED) is 0.881. The molecule has 1 fully saturated rings. The number of aromatic nitrogens is 2. The number of sulfonamides is 1. The molecule has 3 rings (SSSR count). The maximum absolute atomic E-state index is 12.1. The second-order valence-corrected chi connectivity index (χ2v) is 7.01. The average molecular weight is 333 g/mol. The van der Waals surface area contributed by atoms with Gasteiger partial charge in [-0.05, 0) is 24.5 Å². The van der Waals surface area contributed by atoms with Gasteiger partial charge in [0.15, 0.2) is 0 Å². The minimum atomic E-state index is -3.56. The molecular formula is C16H19N3O3S. The summed E-state index contributed by atoms with van der Waals surface area (Å²) in [7, 11) is -3.56. The fourth-order valence-corrected chi connectivity index (χ4v) is 3.28. The van der Waals surface area contributed by atoms with Crippen LogP contribution in [0, 0.1) is 0 Å². The molecule has 1 aliphatic heterocycles. The maximum Gasteiger partial charge on any atom is 0.255 e. The molecule has 1 atom stereocenters. The van der Waals surface area contributed by atoms with Gasteiger partial charge in [0.2, 0.25) is 0 Å². The Balaban J connectivity index is 1.61. The summed E-state index contributed by atoms with van der Waals surface area (Å²) in [4.78, 5) is 0. The van der Waals surface area contributed by atoms with Gasteiger partial charge in [-0.3, -0.25) is 9.40 Å². The van der Waals surface area contributed by atoms with E-state index in [1.165, 1.54) is 6.20 Å². The van der Waals surface area contributed by atoms with E-state index in [1.54, 1.807) is 17.0 Å². The Morgan fingerprint density at radius 2 is 2.17 bits per heavy atom. The molecule has 0 radical (unpaired) electrons. The van der Waals surface area contributed by atoms with Crippen molar-refractivity contribution in [3.8, 4) is 0 Å². The van der Waals surface area contributed by atoms with Crippen molar-refractivity contribution in [1.82, 2.24) is 9.78 Å². The zero-order valence-electron chi connectivity index (χ0n) is 12.6. The van der Waals surface area contributed by atoms with Gasteiger partial charge in [-0.2, -0.15) is 5.10 Å². The van der Waals surface area contributed by atoms with Gasteiger partial charge < -0.3 is 4.74 Å². The Labute approximate surface area is 135 Å². The molecule has 0 aliphatic carbocycles. The summed E-state index contributed by atoms with van der Waals surface area (Å²) in [5.74, 6) is 0. The average Bonchev–Trinajstić information content (AvgIpc) is 3.19. The second kappa shape index (κ2) is 6.97.